The predicted molar refractivity (Wildman–Crippen MR) is 93.9 cm³/mol. The van der Waals surface area contributed by atoms with Gasteiger partial charge in [0.1, 0.15) is 6.61 Å². The van der Waals surface area contributed by atoms with Gasteiger partial charge in [-0.15, -0.1) is 0 Å². The van der Waals surface area contributed by atoms with Gasteiger partial charge in [-0.2, -0.15) is 0 Å². The van der Waals surface area contributed by atoms with E-state index >= 15 is 0 Å². The fourth-order valence-electron chi connectivity index (χ4n) is 3.29. The number of piperidine rings is 1. The largest absolute Gasteiger partial charge is 0.375 e. The quantitative estimate of drug-likeness (QED) is 0.849. The van der Waals surface area contributed by atoms with Crippen molar-refractivity contribution in [3.05, 3.63) is 65.5 Å². The van der Waals surface area contributed by atoms with Crippen LogP contribution in [0.5, 0.6) is 0 Å². The molecule has 0 unspecified atom stereocenters. The van der Waals surface area contributed by atoms with Crippen LogP contribution in [0.4, 0.5) is 0 Å². The number of ether oxygens (including phenoxy) is 1. The summed E-state index contributed by atoms with van der Waals surface area (Å²) in [5, 5.41) is 0. The molecule has 126 valence electrons. The molecule has 3 rings (SSSR count). The summed E-state index contributed by atoms with van der Waals surface area (Å²) >= 11 is 0. The van der Waals surface area contributed by atoms with Gasteiger partial charge in [0.25, 0.3) is 0 Å². The number of nitrogens with zero attached hydrogens (tertiary/aromatic N) is 2. The second-order valence-electron chi connectivity index (χ2n) is 6.33. The Morgan fingerprint density at radius 2 is 2.04 bits per heavy atom. The highest BCUT2D eigenvalue weighted by atomic mass is 16.5. The van der Waals surface area contributed by atoms with E-state index in [9.17, 15) is 4.79 Å². The Morgan fingerprint density at radius 1 is 1.21 bits per heavy atom. The third-order valence-corrected chi connectivity index (χ3v) is 4.52. The lowest BCUT2D eigenvalue weighted by Gasteiger charge is -2.32. The fourth-order valence-corrected chi connectivity index (χ4v) is 3.29. The molecule has 1 amide bonds. The maximum absolute atomic E-state index is 12.1. The van der Waals surface area contributed by atoms with Crippen LogP contribution in [0.1, 0.15) is 35.7 Å². The fraction of sp³-hybridized carbons (Fsp3) is 0.400. The highest BCUT2D eigenvalue weighted by molar-refractivity contribution is 5.77. The number of benzene rings is 1. The molecular formula is C20H24N2O2. The van der Waals surface area contributed by atoms with Crippen molar-refractivity contribution < 1.29 is 9.53 Å². The number of likely N-dealkylation sites (tertiary alicyclic amines) is 1. The van der Waals surface area contributed by atoms with Gasteiger partial charge in [-0.05, 0) is 30.5 Å². The zero-order chi connectivity index (χ0) is 16.8. The molecule has 1 aromatic heterocycles. The zero-order valence-corrected chi connectivity index (χ0v) is 14.1. The van der Waals surface area contributed by atoms with E-state index in [0.717, 1.165) is 43.7 Å². The number of carbonyl (C=O) groups is 1. The number of methoxy groups -OCH3 is 1. The first-order valence-electron chi connectivity index (χ1n) is 8.52. The minimum atomic E-state index is 0.0719. The minimum absolute atomic E-state index is 0.0719. The molecule has 0 spiro atoms. The summed E-state index contributed by atoms with van der Waals surface area (Å²) in [6.45, 7) is 1.72. The lowest BCUT2D eigenvalue weighted by Crippen LogP contribution is -2.41. The Hall–Kier alpha value is -2.20. The van der Waals surface area contributed by atoms with Gasteiger partial charge >= 0.3 is 0 Å². The van der Waals surface area contributed by atoms with Crippen molar-refractivity contribution in [3.63, 3.8) is 0 Å². The van der Waals surface area contributed by atoms with Crippen molar-refractivity contribution in [2.75, 3.05) is 26.8 Å². The van der Waals surface area contributed by atoms with Crippen LogP contribution < -0.4 is 0 Å². The third-order valence-electron chi connectivity index (χ3n) is 4.52. The predicted octanol–water partition coefficient (Wildman–Crippen LogP) is 3.02. The molecule has 1 aliphatic heterocycles. The van der Waals surface area contributed by atoms with E-state index in [1.165, 1.54) is 5.56 Å². The van der Waals surface area contributed by atoms with Gasteiger partial charge in [0.15, 0.2) is 0 Å². The van der Waals surface area contributed by atoms with Crippen molar-refractivity contribution in [1.29, 1.82) is 0 Å². The van der Waals surface area contributed by atoms with Crippen LogP contribution in [0.25, 0.3) is 0 Å². The number of amides is 1. The average molecular weight is 324 g/mol. The van der Waals surface area contributed by atoms with Gasteiger partial charge in [-0.3, -0.25) is 9.78 Å². The highest BCUT2D eigenvalue weighted by Crippen LogP contribution is 2.26. The molecule has 0 N–H and O–H groups in total. The summed E-state index contributed by atoms with van der Waals surface area (Å²) in [5.74, 6) is 0.387. The zero-order valence-electron chi connectivity index (χ0n) is 14.1. The molecule has 2 heterocycles. The van der Waals surface area contributed by atoms with Crippen LogP contribution in [0, 0.1) is 0 Å². The van der Waals surface area contributed by atoms with Crippen LogP contribution in [0.2, 0.25) is 0 Å². The second-order valence-corrected chi connectivity index (χ2v) is 6.33. The first-order chi connectivity index (χ1) is 11.8. The molecule has 0 saturated carbocycles. The smallest absolute Gasteiger partial charge is 0.248 e. The molecule has 1 aromatic carbocycles. The van der Waals surface area contributed by atoms with E-state index < -0.39 is 0 Å². The normalized spacial score (nSPS) is 17.7. The minimum Gasteiger partial charge on any atom is -0.375 e. The van der Waals surface area contributed by atoms with E-state index in [4.69, 9.17) is 9.72 Å². The first-order valence-corrected chi connectivity index (χ1v) is 8.52. The van der Waals surface area contributed by atoms with Crippen LogP contribution in [0.3, 0.4) is 0 Å². The SMILES string of the molecule is COCC(=O)N1CCC[C@@H](c2cccc(Cc3ccccc3)n2)C1. The van der Waals surface area contributed by atoms with Gasteiger partial charge in [0.05, 0.1) is 0 Å². The molecule has 1 atom stereocenters. The van der Waals surface area contributed by atoms with Crippen LogP contribution in [0.15, 0.2) is 48.5 Å². The summed E-state index contributed by atoms with van der Waals surface area (Å²) in [6, 6.07) is 16.6. The molecule has 0 aliphatic carbocycles. The Kier molecular flexibility index (Phi) is 5.59. The van der Waals surface area contributed by atoms with Crippen LogP contribution in [-0.4, -0.2) is 42.6 Å². The molecule has 1 fully saturated rings. The summed E-state index contributed by atoms with van der Waals surface area (Å²) in [5.41, 5.74) is 3.44. The first kappa shape index (κ1) is 16.7. The lowest BCUT2D eigenvalue weighted by molar-refractivity contribution is -0.136. The van der Waals surface area contributed by atoms with E-state index in [1.54, 1.807) is 7.11 Å². The van der Waals surface area contributed by atoms with Gasteiger partial charge in [-0.1, -0.05) is 36.4 Å². The molecule has 1 saturated heterocycles. The average Bonchev–Trinajstić information content (AvgIpc) is 2.63. The Balaban J connectivity index is 1.70. The van der Waals surface area contributed by atoms with Gasteiger partial charge in [0, 0.05) is 43.9 Å². The standard InChI is InChI=1S/C20H24N2O2/c1-24-15-20(23)22-12-6-9-17(14-22)19-11-5-10-18(21-19)13-16-7-3-2-4-8-16/h2-5,7-8,10-11,17H,6,9,12-15H2,1H3/t17-/m1/s1. The van der Waals surface area contributed by atoms with E-state index in [1.807, 2.05) is 11.0 Å². The number of pyridine rings is 1. The monoisotopic (exact) mass is 324 g/mol. The molecule has 4 nitrogen and oxygen atoms in total. The number of aromatic nitrogens is 1. The topological polar surface area (TPSA) is 42.4 Å². The number of rotatable bonds is 5. The Bertz CT molecular complexity index is 672. The summed E-state index contributed by atoms with van der Waals surface area (Å²) < 4.78 is 4.98. The van der Waals surface area contributed by atoms with Crippen molar-refractivity contribution in [2.24, 2.45) is 0 Å². The van der Waals surface area contributed by atoms with Crippen molar-refractivity contribution >= 4 is 5.91 Å². The lowest BCUT2D eigenvalue weighted by atomic mass is 9.94. The molecule has 24 heavy (non-hydrogen) atoms. The molecule has 0 radical (unpaired) electrons. The maximum Gasteiger partial charge on any atom is 0.248 e. The molecule has 2 aromatic rings. The maximum atomic E-state index is 12.1. The van der Waals surface area contributed by atoms with E-state index in [0.29, 0.717) is 5.92 Å². The number of carbonyl (C=O) groups excluding carboxylic acids is 1. The molecule has 1 aliphatic rings. The van der Waals surface area contributed by atoms with Crippen LogP contribution >= 0.6 is 0 Å². The van der Waals surface area contributed by atoms with Gasteiger partial charge in [-0.25, -0.2) is 0 Å². The van der Waals surface area contributed by atoms with Crippen molar-refractivity contribution in [1.82, 2.24) is 9.88 Å². The highest BCUT2D eigenvalue weighted by Gasteiger charge is 2.25. The van der Waals surface area contributed by atoms with Gasteiger partial charge in [0.2, 0.25) is 5.91 Å². The van der Waals surface area contributed by atoms with E-state index in [2.05, 4.69) is 42.5 Å². The van der Waals surface area contributed by atoms with E-state index in [-0.39, 0.29) is 12.5 Å². The molecular weight excluding hydrogens is 300 g/mol. The summed E-state index contributed by atoms with van der Waals surface area (Å²) in [7, 11) is 1.56. The second kappa shape index (κ2) is 8.06. The molecule has 4 heteroatoms. The van der Waals surface area contributed by atoms with Crippen molar-refractivity contribution in [3.8, 4) is 0 Å². The number of hydrogen-bond donors (Lipinski definition) is 0. The summed E-state index contributed by atoms with van der Waals surface area (Å²) in [4.78, 5) is 18.8. The van der Waals surface area contributed by atoms with Gasteiger partial charge < -0.3 is 9.64 Å². The Morgan fingerprint density at radius 3 is 2.83 bits per heavy atom. The third kappa shape index (κ3) is 4.20. The Labute approximate surface area is 143 Å². The van der Waals surface area contributed by atoms with Crippen molar-refractivity contribution in [2.45, 2.75) is 25.2 Å². The summed E-state index contributed by atoms with van der Waals surface area (Å²) in [6.07, 6.45) is 2.94. The van der Waals surface area contributed by atoms with Crippen LogP contribution in [-0.2, 0) is 16.0 Å². The number of hydrogen-bond acceptors (Lipinski definition) is 3. The molecule has 0 bridgehead atoms.